The smallest absolute Gasteiger partial charge is 0.221 e. The van der Waals surface area contributed by atoms with E-state index in [1.54, 1.807) is 29.1 Å². The minimum atomic E-state index is -0.326. The number of nitrogen functional groups attached to an aromatic ring is 1. The van der Waals surface area contributed by atoms with Crippen LogP contribution >= 0.6 is 15.9 Å². The number of nitrogens with two attached hydrogens (primary N) is 1. The summed E-state index contributed by atoms with van der Waals surface area (Å²) in [7, 11) is 0. The molecule has 3 aromatic rings. The van der Waals surface area contributed by atoms with Crippen molar-refractivity contribution in [3.05, 3.63) is 46.9 Å². The van der Waals surface area contributed by atoms with Crippen LogP contribution in [0.1, 0.15) is 0 Å². The van der Waals surface area contributed by atoms with E-state index in [0.29, 0.717) is 11.3 Å². The Morgan fingerprint density at radius 3 is 2.94 bits per heavy atom. The lowest BCUT2D eigenvalue weighted by Crippen LogP contribution is -2.00. The lowest BCUT2D eigenvalue weighted by atomic mass is 10.3. The SMILES string of the molecule is Nc1ncc2ccn(-c3cc(Br)ccc3F)c2n1. The van der Waals surface area contributed by atoms with Gasteiger partial charge in [-0.1, -0.05) is 15.9 Å². The molecule has 1 aromatic carbocycles. The summed E-state index contributed by atoms with van der Waals surface area (Å²) in [5.41, 5.74) is 6.56. The quantitative estimate of drug-likeness (QED) is 0.752. The van der Waals surface area contributed by atoms with Crippen LogP contribution in [-0.4, -0.2) is 14.5 Å². The fourth-order valence-corrected chi connectivity index (χ4v) is 2.15. The number of rotatable bonds is 1. The van der Waals surface area contributed by atoms with Crippen LogP contribution in [0.15, 0.2) is 41.1 Å². The van der Waals surface area contributed by atoms with Crippen molar-refractivity contribution in [1.29, 1.82) is 0 Å². The number of anilines is 1. The molecule has 6 heteroatoms. The zero-order chi connectivity index (χ0) is 12.7. The van der Waals surface area contributed by atoms with Crippen LogP contribution < -0.4 is 5.73 Å². The molecule has 0 unspecified atom stereocenters. The summed E-state index contributed by atoms with van der Waals surface area (Å²) in [5.74, 6) is -0.161. The van der Waals surface area contributed by atoms with Crippen molar-refractivity contribution in [3.8, 4) is 5.69 Å². The van der Waals surface area contributed by atoms with Crippen molar-refractivity contribution in [1.82, 2.24) is 14.5 Å². The minimum absolute atomic E-state index is 0.165. The minimum Gasteiger partial charge on any atom is -0.368 e. The van der Waals surface area contributed by atoms with Crippen molar-refractivity contribution in [2.45, 2.75) is 0 Å². The van der Waals surface area contributed by atoms with Gasteiger partial charge in [0.2, 0.25) is 5.95 Å². The first-order valence-corrected chi connectivity index (χ1v) is 5.99. The van der Waals surface area contributed by atoms with E-state index in [2.05, 4.69) is 25.9 Å². The van der Waals surface area contributed by atoms with E-state index in [0.717, 1.165) is 9.86 Å². The molecule has 0 aliphatic rings. The van der Waals surface area contributed by atoms with Gasteiger partial charge in [0.25, 0.3) is 0 Å². The summed E-state index contributed by atoms with van der Waals surface area (Å²) in [6.45, 7) is 0. The second-order valence-electron chi connectivity index (χ2n) is 3.79. The zero-order valence-electron chi connectivity index (χ0n) is 9.14. The molecule has 0 amide bonds. The standard InChI is InChI=1S/C12H8BrFN4/c13-8-1-2-9(14)10(5-8)18-4-3-7-6-16-12(15)17-11(7)18/h1-6H,(H2,15,16,17). The average molecular weight is 307 g/mol. The van der Waals surface area contributed by atoms with Crippen LogP contribution in [0.4, 0.5) is 10.3 Å². The van der Waals surface area contributed by atoms with Crippen LogP contribution in [0.5, 0.6) is 0 Å². The van der Waals surface area contributed by atoms with Gasteiger partial charge in [0.15, 0.2) is 0 Å². The first kappa shape index (κ1) is 11.2. The molecule has 4 nitrogen and oxygen atoms in total. The fourth-order valence-electron chi connectivity index (χ4n) is 1.80. The molecule has 0 bridgehead atoms. The maximum Gasteiger partial charge on any atom is 0.221 e. The zero-order valence-corrected chi connectivity index (χ0v) is 10.7. The molecule has 0 fully saturated rings. The van der Waals surface area contributed by atoms with Gasteiger partial charge in [0, 0.05) is 22.3 Å². The van der Waals surface area contributed by atoms with E-state index in [9.17, 15) is 4.39 Å². The second kappa shape index (κ2) is 4.06. The van der Waals surface area contributed by atoms with Gasteiger partial charge in [-0.15, -0.1) is 0 Å². The highest BCUT2D eigenvalue weighted by atomic mass is 79.9. The lowest BCUT2D eigenvalue weighted by Gasteiger charge is -2.06. The number of halogens is 2. The Bertz CT molecular complexity index is 738. The van der Waals surface area contributed by atoms with Gasteiger partial charge < -0.3 is 5.73 Å². The van der Waals surface area contributed by atoms with Gasteiger partial charge in [-0.3, -0.25) is 4.57 Å². The van der Waals surface area contributed by atoms with Crippen LogP contribution in [-0.2, 0) is 0 Å². The van der Waals surface area contributed by atoms with Crippen molar-refractivity contribution in [3.63, 3.8) is 0 Å². The topological polar surface area (TPSA) is 56.7 Å². The Kier molecular flexibility index (Phi) is 2.52. The third-order valence-corrected chi connectivity index (χ3v) is 3.11. The van der Waals surface area contributed by atoms with Crippen LogP contribution in [0.3, 0.4) is 0 Å². The summed E-state index contributed by atoms with van der Waals surface area (Å²) >= 11 is 3.32. The van der Waals surface area contributed by atoms with Crippen molar-refractivity contribution < 1.29 is 4.39 Å². The Morgan fingerprint density at radius 1 is 1.28 bits per heavy atom. The fraction of sp³-hybridized carbons (Fsp3) is 0. The molecular formula is C12H8BrFN4. The van der Waals surface area contributed by atoms with Crippen LogP contribution in [0.2, 0.25) is 0 Å². The molecule has 2 heterocycles. The van der Waals surface area contributed by atoms with Gasteiger partial charge in [0.1, 0.15) is 11.5 Å². The van der Waals surface area contributed by atoms with Gasteiger partial charge in [-0.2, -0.15) is 4.98 Å². The molecular weight excluding hydrogens is 299 g/mol. The van der Waals surface area contributed by atoms with E-state index < -0.39 is 0 Å². The van der Waals surface area contributed by atoms with Gasteiger partial charge in [-0.05, 0) is 24.3 Å². The van der Waals surface area contributed by atoms with Gasteiger partial charge >= 0.3 is 0 Å². The number of fused-ring (bicyclic) bond motifs is 1. The maximum absolute atomic E-state index is 13.8. The molecule has 0 saturated carbocycles. The summed E-state index contributed by atoms with van der Waals surface area (Å²) in [6.07, 6.45) is 3.35. The largest absolute Gasteiger partial charge is 0.368 e. The lowest BCUT2D eigenvalue weighted by molar-refractivity contribution is 0.619. The summed E-state index contributed by atoms with van der Waals surface area (Å²) < 4.78 is 16.3. The molecule has 2 N–H and O–H groups in total. The first-order chi connectivity index (χ1) is 8.65. The monoisotopic (exact) mass is 306 g/mol. The van der Waals surface area contributed by atoms with Crippen molar-refractivity contribution in [2.75, 3.05) is 5.73 Å². The third-order valence-electron chi connectivity index (χ3n) is 2.61. The number of hydrogen-bond donors (Lipinski definition) is 1. The number of nitrogens with zero attached hydrogens (tertiary/aromatic N) is 3. The van der Waals surface area contributed by atoms with Gasteiger partial charge in [-0.25, -0.2) is 9.37 Å². The van der Waals surface area contributed by atoms with Crippen LogP contribution in [0.25, 0.3) is 16.7 Å². The summed E-state index contributed by atoms with van der Waals surface area (Å²) in [6, 6.07) is 6.55. The highest BCUT2D eigenvalue weighted by molar-refractivity contribution is 9.10. The number of hydrogen-bond acceptors (Lipinski definition) is 3. The Balaban J connectivity index is 2.31. The van der Waals surface area contributed by atoms with Gasteiger partial charge in [0.05, 0.1) is 5.69 Å². The summed E-state index contributed by atoms with van der Waals surface area (Å²) in [5, 5.41) is 0.809. The third kappa shape index (κ3) is 1.74. The molecule has 0 radical (unpaired) electrons. The Hall–Kier alpha value is -1.95. The van der Waals surface area contributed by atoms with E-state index in [4.69, 9.17) is 5.73 Å². The van der Waals surface area contributed by atoms with Crippen molar-refractivity contribution in [2.24, 2.45) is 0 Å². The van der Waals surface area contributed by atoms with Crippen molar-refractivity contribution >= 4 is 32.9 Å². The number of benzene rings is 1. The molecule has 0 atom stereocenters. The number of aromatic nitrogens is 3. The average Bonchev–Trinajstić information content (AvgIpc) is 2.75. The predicted octanol–water partition coefficient (Wildman–Crippen LogP) is 2.90. The Labute approximate surface area is 110 Å². The second-order valence-corrected chi connectivity index (χ2v) is 4.70. The first-order valence-electron chi connectivity index (χ1n) is 5.20. The molecule has 90 valence electrons. The highest BCUT2D eigenvalue weighted by Crippen LogP contribution is 2.23. The molecule has 0 saturated heterocycles. The van der Waals surface area contributed by atoms with E-state index in [-0.39, 0.29) is 11.8 Å². The van der Waals surface area contributed by atoms with Crippen LogP contribution in [0, 0.1) is 5.82 Å². The van der Waals surface area contributed by atoms with E-state index >= 15 is 0 Å². The summed E-state index contributed by atoms with van der Waals surface area (Å²) in [4.78, 5) is 8.04. The normalized spacial score (nSPS) is 11.0. The predicted molar refractivity (Wildman–Crippen MR) is 70.9 cm³/mol. The highest BCUT2D eigenvalue weighted by Gasteiger charge is 2.10. The molecule has 2 aromatic heterocycles. The molecule has 0 spiro atoms. The van der Waals surface area contributed by atoms with E-state index in [1.165, 1.54) is 6.07 Å². The molecule has 3 rings (SSSR count). The maximum atomic E-state index is 13.8. The molecule has 18 heavy (non-hydrogen) atoms. The molecule has 0 aliphatic carbocycles. The van der Waals surface area contributed by atoms with E-state index in [1.807, 2.05) is 6.07 Å². The molecule has 0 aliphatic heterocycles. The Morgan fingerprint density at radius 2 is 2.11 bits per heavy atom.